The van der Waals surface area contributed by atoms with E-state index in [4.69, 9.17) is 0 Å². The van der Waals surface area contributed by atoms with Crippen molar-refractivity contribution in [2.45, 2.75) is 111 Å². The van der Waals surface area contributed by atoms with Crippen molar-refractivity contribution in [3.8, 4) is 0 Å². The van der Waals surface area contributed by atoms with E-state index in [1.165, 1.54) is 83.5 Å². The maximum absolute atomic E-state index is 2.47. The highest BCUT2D eigenvalue weighted by atomic mass is 32.1. The Kier molecular flexibility index (Phi) is 12.6. The quantitative estimate of drug-likeness (QED) is 0.278. The monoisotopic (exact) mass is 350 g/mol. The average molecular weight is 351 g/mol. The lowest BCUT2D eigenvalue weighted by atomic mass is 9.83. The Labute approximate surface area is 156 Å². The van der Waals surface area contributed by atoms with Crippen LogP contribution in [0.5, 0.6) is 0 Å². The van der Waals surface area contributed by atoms with Crippen LogP contribution < -0.4 is 0 Å². The van der Waals surface area contributed by atoms with Crippen LogP contribution in [0.4, 0.5) is 0 Å². The summed E-state index contributed by atoms with van der Waals surface area (Å²) in [5, 5.41) is 0. The van der Waals surface area contributed by atoms with E-state index in [0.29, 0.717) is 0 Å². The second kappa shape index (κ2) is 13.9. The van der Waals surface area contributed by atoms with Crippen LogP contribution in [0.25, 0.3) is 0 Å². The summed E-state index contributed by atoms with van der Waals surface area (Å²) >= 11 is 2.08. The zero-order chi connectivity index (χ0) is 17.6. The standard InChI is InChI=1S/C23H42S/c1-5-8-10-11-13-14-21(20(4)7-3)16-17-23-19-18-22(24-23)15-12-9-6-2/h18-21H,5-17H2,1-4H3. The van der Waals surface area contributed by atoms with Gasteiger partial charge < -0.3 is 0 Å². The predicted octanol–water partition coefficient (Wildman–Crippen LogP) is 8.44. The van der Waals surface area contributed by atoms with E-state index in [9.17, 15) is 0 Å². The minimum absolute atomic E-state index is 0.889. The molecule has 0 N–H and O–H groups in total. The normalized spacial score (nSPS) is 14.0. The summed E-state index contributed by atoms with van der Waals surface area (Å²) in [6.07, 6.45) is 18.0. The zero-order valence-corrected chi connectivity index (χ0v) is 17.7. The van der Waals surface area contributed by atoms with E-state index in [2.05, 4.69) is 51.2 Å². The molecule has 24 heavy (non-hydrogen) atoms. The summed E-state index contributed by atoms with van der Waals surface area (Å²) in [5.41, 5.74) is 0. The summed E-state index contributed by atoms with van der Waals surface area (Å²) in [4.78, 5) is 3.24. The molecule has 0 radical (unpaired) electrons. The van der Waals surface area contributed by atoms with Gasteiger partial charge >= 0.3 is 0 Å². The number of aryl methyl sites for hydroxylation is 2. The molecule has 0 bridgehead atoms. The SMILES string of the molecule is CCCCCCCC(CCc1ccc(CCCCC)s1)C(C)CC. The molecule has 0 aliphatic rings. The van der Waals surface area contributed by atoms with E-state index in [-0.39, 0.29) is 0 Å². The van der Waals surface area contributed by atoms with Crippen molar-refractivity contribution in [2.24, 2.45) is 11.8 Å². The predicted molar refractivity (Wildman–Crippen MR) is 112 cm³/mol. The smallest absolute Gasteiger partial charge is 0.00482 e. The van der Waals surface area contributed by atoms with Gasteiger partial charge in [0.25, 0.3) is 0 Å². The number of thiophene rings is 1. The summed E-state index contributed by atoms with van der Waals surface area (Å²) in [6, 6.07) is 4.79. The molecular weight excluding hydrogens is 308 g/mol. The molecule has 1 aromatic heterocycles. The molecule has 0 spiro atoms. The van der Waals surface area contributed by atoms with E-state index in [0.717, 1.165) is 11.8 Å². The first-order chi connectivity index (χ1) is 11.7. The number of rotatable bonds is 15. The fraction of sp³-hybridized carbons (Fsp3) is 0.826. The third-order valence-corrected chi connectivity index (χ3v) is 6.84. The van der Waals surface area contributed by atoms with Crippen LogP contribution in [0.15, 0.2) is 12.1 Å². The van der Waals surface area contributed by atoms with Gasteiger partial charge in [0, 0.05) is 9.75 Å². The molecule has 2 unspecified atom stereocenters. The summed E-state index contributed by atoms with van der Waals surface area (Å²) in [7, 11) is 0. The summed E-state index contributed by atoms with van der Waals surface area (Å²) in [6.45, 7) is 9.43. The number of unbranched alkanes of at least 4 members (excludes halogenated alkanes) is 6. The molecule has 1 heterocycles. The van der Waals surface area contributed by atoms with Crippen LogP contribution in [0.3, 0.4) is 0 Å². The topological polar surface area (TPSA) is 0 Å². The van der Waals surface area contributed by atoms with Crippen molar-refractivity contribution < 1.29 is 0 Å². The van der Waals surface area contributed by atoms with E-state index < -0.39 is 0 Å². The largest absolute Gasteiger partial charge is 0.145 e. The fourth-order valence-corrected chi connectivity index (χ4v) is 4.70. The first-order valence-corrected chi connectivity index (χ1v) is 11.6. The third-order valence-electron chi connectivity index (χ3n) is 5.63. The van der Waals surface area contributed by atoms with Crippen LogP contribution in [0.2, 0.25) is 0 Å². The lowest BCUT2D eigenvalue weighted by Crippen LogP contribution is -2.12. The Bertz CT molecular complexity index is 392. The highest BCUT2D eigenvalue weighted by Crippen LogP contribution is 2.29. The Balaban J connectivity index is 2.35. The lowest BCUT2D eigenvalue weighted by Gasteiger charge is -2.23. The molecule has 0 aliphatic heterocycles. The molecule has 140 valence electrons. The molecule has 0 saturated heterocycles. The second-order valence-corrected chi connectivity index (χ2v) is 8.97. The second-order valence-electron chi connectivity index (χ2n) is 7.71. The molecule has 1 aromatic rings. The first kappa shape index (κ1) is 21.7. The van der Waals surface area contributed by atoms with Gasteiger partial charge in [-0.25, -0.2) is 0 Å². The van der Waals surface area contributed by atoms with E-state index >= 15 is 0 Å². The van der Waals surface area contributed by atoms with E-state index in [1.54, 1.807) is 9.75 Å². The van der Waals surface area contributed by atoms with Crippen LogP contribution in [-0.4, -0.2) is 0 Å². The van der Waals surface area contributed by atoms with Gasteiger partial charge in [0.05, 0.1) is 0 Å². The highest BCUT2D eigenvalue weighted by Gasteiger charge is 2.16. The Morgan fingerprint density at radius 1 is 0.750 bits per heavy atom. The maximum atomic E-state index is 2.47. The van der Waals surface area contributed by atoms with Crippen LogP contribution in [-0.2, 0) is 12.8 Å². The van der Waals surface area contributed by atoms with Gasteiger partial charge in [-0.2, -0.15) is 0 Å². The average Bonchev–Trinajstić information content (AvgIpc) is 3.04. The minimum Gasteiger partial charge on any atom is -0.145 e. The van der Waals surface area contributed by atoms with Gasteiger partial charge in [-0.3, -0.25) is 0 Å². The van der Waals surface area contributed by atoms with Crippen molar-refractivity contribution >= 4 is 11.3 Å². The van der Waals surface area contributed by atoms with Crippen LogP contribution >= 0.6 is 11.3 Å². The van der Waals surface area contributed by atoms with E-state index in [1.807, 2.05) is 0 Å². The van der Waals surface area contributed by atoms with Gasteiger partial charge in [-0.05, 0) is 49.7 Å². The minimum atomic E-state index is 0.889. The molecular formula is C23H42S. The molecule has 0 nitrogen and oxygen atoms in total. The molecule has 0 aromatic carbocycles. The summed E-state index contributed by atoms with van der Waals surface area (Å²) in [5.74, 6) is 1.82. The van der Waals surface area contributed by atoms with Crippen molar-refractivity contribution in [2.75, 3.05) is 0 Å². The molecule has 0 fully saturated rings. The van der Waals surface area contributed by atoms with Gasteiger partial charge in [0.15, 0.2) is 0 Å². The molecule has 0 amide bonds. The molecule has 0 saturated carbocycles. The summed E-state index contributed by atoms with van der Waals surface area (Å²) < 4.78 is 0. The van der Waals surface area contributed by atoms with Gasteiger partial charge in [0.2, 0.25) is 0 Å². The van der Waals surface area contributed by atoms with Gasteiger partial charge in [0.1, 0.15) is 0 Å². The fourth-order valence-electron chi connectivity index (χ4n) is 3.62. The van der Waals surface area contributed by atoms with Crippen molar-refractivity contribution in [1.82, 2.24) is 0 Å². The van der Waals surface area contributed by atoms with Crippen molar-refractivity contribution in [3.63, 3.8) is 0 Å². The first-order valence-electron chi connectivity index (χ1n) is 10.8. The Morgan fingerprint density at radius 2 is 1.38 bits per heavy atom. The van der Waals surface area contributed by atoms with Gasteiger partial charge in [-0.1, -0.05) is 85.5 Å². The molecule has 2 atom stereocenters. The number of hydrogen-bond acceptors (Lipinski definition) is 1. The zero-order valence-electron chi connectivity index (χ0n) is 16.9. The van der Waals surface area contributed by atoms with Gasteiger partial charge in [-0.15, -0.1) is 11.3 Å². The number of hydrogen-bond donors (Lipinski definition) is 0. The lowest BCUT2D eigenvalue weighted by molar-refractivity contribution is 0.298. The molecule has 1 heteroatoms. The van der Waals surface area contributed by atoms with Crippen molar-refractivity contribution in [3.05, 3.63) is 21.9 Å². The highest BCUT2D eigenvalue weighted by molar-refractivity contribution is 7.11. The Hall–Kier alpha value is -0.300. The van der Waals surface area contributed by atoms with Crippen LogP contribution in [0.1, 0.15) is 108 Å². The third kappa shape index (κ3) is 9.25. The maximum Gasteiger partial charge on any atom is 0.00482 e. The van der Waals surface area contributed by atoms with Crippen LogP contribution in [0, 0.1) is 11.8 Å². The molecule has 1 rings (SSSR count). The molecule has 0 aliphatic carbocycles. The van der Waals surface area contributed by atoms with Crippen molar-refractivity contribution in [1.29, 1.82) is 0 Å². The Morgan fingerprint density at radius 3 is 2.04 bits per heavy atom.